The Hall–Kier alpha value is -1.59. The Balaban J connectivity index is 1.89. The van der Waals surface area contributed by atoms with E-state index in [0.717, 1.165) is 13.1 Å². The molecule has 1 saturated heterocycles. The van der Waals surface area contributed by atoms with Crippen molar-refractivity contribution >= 4 is 5.91 Å². The third-order valence-electron chi connectivity index (χ3n) is 3.28. The molecule has 1 aromatic carbocycles. The summed E-state index contributed by atoms with van der Waals surface area (Å²) in [6, 6.07) is 7.27. The molecule has 110 valence electrons. The Morgan fingerprint density at radius 1 is 1.25 bits per heavy atom. The summed E-state index contributed by atoms with van der Waals surface area (Å²) in [6.45, 7) is 3.25. The summed E-state index contributed by atoms with van der Waals surface area (Å²) in [7, 11) is 3.31. The van der Waals surface area contributed by atoms with Crippen LogP contribution in [0.4, 0.5) is 0 Å². The Morgan fingerprint density at radius 3 is 2.75 bits per heavy atom. The fourth-order valence-corrected chi connectivity index (χ4v) is 2.22. The molecule has 0 radical (unpaired) electrons. The number of hydrogen-bond donors (Lipinski definition) is 0. The van der Waals surface area contributed by atoms with Crippen molar-refractivity contribution in [1.82, 2.24) is 4.90 Å². The van der Waals surface area contributed by atoms with Crippen molar-refractivity contribution in [3.05, 3.63) is 29.8 Å². The van der Waals surface area contributed by atoms with E-state index in [1.54, 1.807) is 20.3 Å². The van der Waals surface area contributed by atoms with Crippen LogP contribution in [-0.2, 0) is 9.47 Å². The van der Waals surface area contributed by atoms with Crippen LogP contribution in [0, 0.1) is 5.92 Å². The van der Waals surface area contributed by atoms with Crippen LogP contribution in [0.5, 0.6) is 5.75 Å². The summed E-state index contributed by atoms with van der Waals surface area (Å²) in [6.07, 6.45) is 0. The molecule has 2 rings (SSSR count). The zero-order valence-corrected chi connectivity index (χ0v) is 12.0. The number of nitrogens with zero attached hydrogens (tertiary/aromatic N) is 1. The predicted molar refractivity (Wildman–Crippen MR) is 75.1 cm³/mol. The van der Waals surface area contributed by atoms with E-state index in [0.29, 0.717) is 37.1 Å². The average Bonchev–Trinajstić information content (AvgIpc) is 2.42. The van der Waals surface area contributed by atoms with E-state index in [1.807, 2.05) is 23.1 Å². The molecule has 5 heteroatoms. The van der Waals surface area contributed by atoms with Crippen molar-refractivity contribution in [3.8, 4) is 5.75 Å². The Kier molecular flexibility index (Phi) is 5.38. The van der Waals surface area contributed by atoms with Gasteiger partial charge in [-0.3, -0.25) is 4.79 Å². The quantitative estimate of drug-likeness (QED) is 0.708. The minimum Gasteiger partial charge on any atom is -0.491 e. The lowest BCUT2D eigenvalue weighted by molar-refractivity contribution is 0.0270. The number of ether oxygens (including phenoxy) is 3. The molecule has 0 saturated carbocycles. The first-order valence-electron chi connectivity index (χ1n) is 6.74. The minimum atomic E-state index is 0.0505. The fraction of sp³-hybridized carbons (Fsp3) is 0.533. The lowest BCUT2D eigenvalue weighted by atomic mass is 10.00. The van der Waals surface area contributed by atoms with Gasteiger partial charge in [0.15, 0.2) is 0 Å². The van der Waals surface area contributed by atoms with Crippen LogP contribution in [0.15, 0.2) is 24.3 Å². The van der Waals surface area contributed by atoms with Gasteiger partial charge in [-0.05, 0) is 18.2 Å². The SMILES string of the molecule is COCCOc1cccc(C(=O)N2CC(COC)C2)c1. The predicted octanol–water partition coefficient (Wildman–Crippen LogP) is 1.43. The summed E-state index contributed by atoms with van der Waals surface area (Å²) in [5, 5.41) is 0. The first-order chi connectivity index (χ1) is 9.74. The maximum Gasteiger partial charge on any atom is 0.254 e. The number of benzene rings is 1. The molecule has 1 amide bonds. The van der Waals surface area contributed by atoms with Gasteiger partial charge in [0.2, 0.25) is 0 Å². The third kappa shape index (κ3) is 3.71. The third-order valence-corrected chi connectivity index (χ3v) is 3.28. The molecule has 1 aliphatic rings. The molecule has 1 heterocycles. The summed E-state index contributed by atoms with van der Waals surface area (Å²) < 4.78 is 15.5. The Morgan fingerprint density at radius 2 is 2.05 bits per heavy atom. The smallest absolute Gasteiger partial charge is 0.254 e. The molecule has 5 nitrogen and oxygen atoms in total. The van der Waals surface area contributed by atoms with Crippen LogP contribution in [0.2, 0.25) is 0 Å². The van der Waals surface area contributed by atoms with Crippen molar-refractivity contribution in [1.29, 1.82) is 0 Å². The van der Waals surface area contributed by atoms with Gasteiger partial charge in [-0.25, -0.2) is 0 Å². The van der Waals surface area contributed by atoms with Gasteiger partial charge in [-0.15, -0.1) is 0 Å². The molecule has 20 heavy (non-hydrogen) atoms. The van der Waals surface area contributed by atoms with Crippen molar-refractivity contribution in [3.63, 3.8) is 0 Å². The lowest BCUT2D eigenvalue weighted by Crippen LogP contribution is -2.51. The van der Waals surface area contributed by atoms with Crippen LogP contribution in [0.25, 0.3) is 0 Å². The summed E-state index contributed by atoms with van der Waals surface area (Å²) in [5.74, 6) is 1.21. The van der Waals surface area contributed by atoms with Crippen LogP contribution < -0.4 is 4.74 Å². The largest absolute Gasteiger partial charge is 0.491 e. The molecule has 0 atom stereocenters. The van der Waals surface area contributed by atoms with Crippen molar-refractivity contribution in [2.75, 3.05) is 47.1 Å². The number of carbonyl (C=O) groups is 1. The molecule has 1 aromatic rings. The maximum absolute atomic E-state index is 12.3. The molecule has 0 aliphatic carbocycles. The zero-order chi connectivity index (χ0) is 14.4. The molecular formula is C15H21NO4. The van der Waals surface area contributed by atoms with Gasteiger partial charge >= 0.3 is 0 Å². The van der Waals surface area contributed by atoms with Gasteiger partial charge in [0, 0.05) is 38.8 Å². The van der Waals surface area contributed by atoms with E-state index >= 15 is 0 Å². The second-order valence-corrected chi connectivity index (χ2v) is 4.90. The van der Waals surface area contributed by atoms with Crippen molar-refractivity contribution in [2.24, 2.45) is 5.92 Å². The van der Waals surface area contributed by atoms with Gasteiger partial charge in [-0.1, -0.05) is 6.07 Å². The van der Waals surface area contributed by atoms with Crippen LogP contribution >= 0.6 is 0 Å². The van der Waals surface area contributed by atoms with Crippen LogP contribution in [0.3, 0.4) is 0 Å². The van der Waals surface area contributed by atoms with Crippen LogP contribution in [-0.4, -0.2) is 57.9 Å². The standard InChI is InChI=1S/C15H21NO4/c1-18-6-7-20-14-5-3-4-13(8-14)15(17)16-9-12(10-16)11-19-2/h3-5,8,12H,6-7,9-11H2,1-2H3. The van der Waals surface area contributed by atoms with Crippen molar-refractivity contribution in [2.45, 2.75) is 0 Å². The second kappa shape index (κ2) is 7.26. The molecule has 0 aromatic heterocycles. The van der Waals surface area contributed by atoms with Gasteiger partial charge in [-0.2, -0.15) is 0 Å². The fourth-order valence-electron chi connectivity index (χ4n) is 2.22. The number of carbonyl (C=O) groups excluding carboxylic acids is 1. The van der Waals surface area contributed by atoms with E-state index in [1.165, 1.54) is 0 Å². The highest BCUT2D eigenvalue weighted by Crippen LogP contribution is 2.21. The summed E-state index contributed by atoms with van der Waals surface area (Å²) in [5.41, 5.74) is 0.663. The van der Waals surface area contributed by atoms with Gasteiger partial charge < -0.3 is 19.1 Å². The van der Waals surface area contributed by atoms with Gasteiger partial charge in [0.1, 0.15) is 12.4 Å². The molecule has 1 aliphatic heterocycles. The highest BCUT2D eigenvalue weighted by atomic mass is 16.5. The first kappa shape index (κ1) is 14.8. The second-order valence-electron chi connectivity index (χ2n) is 4.90. The number of rotatable bonds is 7. The normalized spacial score (nSPS) is 15.0. The summed E-state index contributed by atoms with van der Waals surface area (Å²) in [4.78, 5) is 14.1. The highest BCUT2D eigenvalue weighted by Gasteiger charge is 2.31. The summed E-state index contributed by atoms with van der Waals surface area (Å²) >= 11 is 0. The first-order valence-corrected chi connectivity index (χ1v) is 6.74. The van der Waals surface area contributed by atoms with E-state index < -0.39 is 0 Å². The highest BCUT2D eigenvalue weighted by molar-refractivity contribution is 5.95. The Labute approximate surface area is 119 Å². The number of methoxy groups -OCH3 is 2. The monoisotopic (exact) mass is 279 g/mol. The molecule has 1 fully saturated rings. The van der Waals surface area contributed by atoms with E-state index in [4.69, 9.17) is 14.2 Å². The van der Waals surface area contributed by atoms with E-state index in [9.17, 15) is 4.79 Å². The van der Waals surface area contributed by atoms with Crippen LogP contribution in [0.1, 0.15) is 10.4 Å². The number of likely N-dealkylation sites (tertiary alicyclic amines) is 1. The lowest BCUT2D eigenvalue weighted by Gasteiger charge is -2.38. The maximum atomic E-state index is 12.3. The topological polar surface area (TPSA) is 48.0 Å². The minimum absolute atomic E-state index is 0.0505. The molecule has 0 bridgehead atoms. The molecule has 0 N–H and O–H groups in total. The molecular weight excluding hydrogens is 258 g/mol. The van der Waals surface area contributed by atoms with E-state index in [2.05, 4.69) is 0 Å². The van der Waals surface area contributed by atoms with E-state index in [-0.39, 0.29) is 5.91 Å². The number of hydrogen-bond acceptors (Lipinski definition) is 4. The molecule has 0 unspecified atom stereocenters. The zero-order valence-electron chi connectivity index (χ0n) is 12.0. The average molecular weight is 279 g/mol. The van der Waals surface area contributed by atoms with Gasteiger partial charge in [0.25, 0.3) is 5.91 Å². The molecule has 0 spiro atoms. The van der Waals surface area contributed by atoms with Crippen molar-refractivity contribution < 1.29 is 19.0 Å². The number of amides is 1. The Bertz CT molecular complexity index is 443. The van der Waals surface area contributed by atoms with Gasteiger partial charge in [0.05, 0.1) is 13.2 Å².